The molecular weight excluding hydrogens is 522 g/mol. The number of nitrogens with zero attached hydrogens (tertiary/aromatic N) is 1. The van der Waals surface area contributed by atoms with Gasteiger partial charge < -0.3 is 5.32 Å². The quantitative estimate of drug-likeness (QED) is 0.483. The lowest BCUT2D eigenvalue weighted by Crippen LogP contribution is -2.35. The van der Waals surface area contributed by atoms with E-state index in [2.05, 4.69) is 5.32 Å². The average Bonchev–Trinajstić information content (AvgIpc) is 2.80. The highest BCUT2D eigenvalue weighted by Crippen LogP contribution is 2.35. The molecule has 1 N–H and O–H groups in total. The Balaban J connectivity index is 1.68. The van der Waals surface area contributed by atoms with Crippen LogP contribution in [-0.2, 0) is 26.3 Å². The first-order chi connectivity index (χ1) is 16.4. The highest BCUT2D eigenvalue weighted by molar-refractivity contribution is 7.93. The molecule has 0 saturated carbocycles. The van der Waals surface area contributed by atoms with Gasteiger partial charge in [-0.3, -0.25) is 9.10 Å². The predicted molar refractivity (Wildman–Crippen MR) is 128 cm³/mol. The number of sulfone groups is 1. The van der Waals surface area contributed by atoms with Gasteiger partial charge in [-0.1, -0.05) is 17.7 Å². The molecule has 3 aromatic carbocycles. The number of hydrogen-bond donors (Lipinski definition) is 1. The minimum absolute atomic E-state index is 0.0104. The molecule has 4 rings (SSSR count). The fourth-order valence-corrected chi connectivity index (χ4v) is 6.19. The van der Waals surface area contributed by atoms with Gasteiger partial charge in [-0.25, -0.2) is 25.6 Å². The maximum Gasteiger partial charge on any atom is 0.264 e. The maximum absolute atomic E-state index is 14.1. The Morgan fingerprint density at radius 2 is 1.57 bits per heavy atom. The first-order valence-corrected chi connectivity index (χ1v) is 14.0. The minimum Gasteiger partial charge on any atom is -0.322 e. The van der Waals surface area contributed by atoms with E-state index in [0.717, 1.165) is 18.4 Å². The lowest BCUT2D eigenvalue weighted by Gasteiger charge is -2.31. The third-order valence-corrected chi connectivity index (χ3v) is 8.86. The SMILES string of the molecule is CS(=O)(=O)c1ccc(S(=O)(=O)N2CCCc3ccc(NC(=O)c4c(F)ccc(F)c4Cl)cc32)cc1. The summed E-state index contributed by atoms with van der Waals surface area (Å²) >= 11 is 5.76. The fourth-order valence-electron chi connectivity index (χ4n) is 3.78. The van der Waals surface area contributed by atoms with Crippen molar-refractivity contribution in [2.24, 2.45) is 0 Å². The summed E-state index contributed by atoms with van der Waals surface area (Å²) in [6.45, 7) is 0.158. The predicted octanol–water partition coefficient (Wildman–Crippen LogP) is 4.42. The maximum atomic E-state index is 14.1. The van der Waals surface area contributed by atoms with E-state index in [1.165, 1.54) is 40.7 Å². The number of halogens is 3. The zero-order valence-corrected chi connectivity index (χ0v) is 20.6. The molecule has 1 heterocycles. The van der Waals surface area contributed by atoms with E-state index in [9.17, 15) is 30.4 Å². The van der Waals surface area contributed by atoms with Gasteiger partial charge in [-0.15, -0.1) is 0 Å². The molecule has 0 unspecified atom stereocenters. The fraction of sp³-hybridized carbons (Fsp3) is 0.174. The Labute approximate surface area is 206 Å². The van der Waals surface area contributed by atoms with Crippen molar-refractivity contribution in [3.05, 3.63) is 82.4 Å². The van der Waals surface area contributed by atoms with Gasteiger partial charge >= 0.3 is 0 Å². The monoisotopic (exact) mass is 540 g/mol. The summed E-state index contributed by atoms with van der Waals surface area (Å²) in [5.74, 6) is -2.95. The second-order valence-electron chi connectivity index (χ2n) is 7.94. The molecule has 0 radical (unpaired) electrons. The summed E-state index contributed by atoms with van der Waals surface area (Å²) < 4.78 is 79.2. The molecule has 1 aliphatic heterocycles. The highest BCUT2D eigenvalue weighted by Gasteiger charge is 2.30. The molecule has 0 aliphatic carbocycles. The topological polar surface area (TPSA) is 101 Å². The summed E-state index contributed by atoms with van der Waals surface area (Å²) in [4.78, 5) is 12.5. The molecule has 184 valence electrons. The first kappa shape index (κ1) is 25.1. The normalized spacial score (nSPS) is 13.9. The number of benzene rings is 3. The minimum atomic E-state index is -4.06. The van der Waals surface area contributed by atoms with Crippen molar-refractivity contribution in [2.45, 2.75) is 22.6 Å². The number of amides is 1. The molecule has 7 nitrogen and oxygen atoms in total. The van der Waals surface area contributed by atoms with Crippen LogP contribution in [0.4, 0.5) is 20.2 Å². The Kier molecular flexibility index (Phi) is 6.60. The van der Waals surface area contributed by atoms with E-state index in [-0.39, 0.29) is 22.0 Å². The van der Waals surface area contributed by atoms with Crippen LogP contribution in [0.2, 0.25) is 5.02 Å². The Morgan fingerprint density at radius 3 is 2.23 bits per heavy atom. The zero-order valence-electron chi connectivity index (χ0n) is 18.3. The van der Waals surface area contributed by atoms with Gasteiger partial charge in [0.25, 0.3) is 15.9 Å². The lowest BCUT2D eigenvalue weighted by molar-refractivity contribution is 0.102. The number of anilines is 2. The Hall–Kier alpha value is -3.02. The highest BCUT2D eigenvalue weighted by atomic mass is 35.5. The standard InChI is InChI=1S/C23H19ClF2N2O5S2/c1-34(30,31)16-6-8-17(9-7-16)35(32,33)28-12-2-3-14-4-5-15(13-20(14)28)27-23(29)21-18(25)10-11-19(26)22(21)24/h4-11,13H,2-3,12H2,1H3,(H,27,29). The molecule has 0 bridgehead atoms. The van der Waals surface area contributed by atoms with Gasteiger partial charge in [-0.2, -0.15) is 0 Å². The number of rotatable bonds is 5. The molecule has 0 atom stereocenters. The number of carbonyl (C=O) groups excluding carboxylic acids is 1. The van der Waals surface area contributed by atoms with Crippen molar-refractivity contribution in [2.75, 3.05) is 22.4 Å². The van der Waals surface area contributed by atoms with Crippen LogP contribution in [0, 0.1) is 11.6 Å². The van der Waals surface area contributed by atoms with E-state index in [4.69, 9.17) is 11.6 Å². The number of nitrogens with one attached hydrogen (secondary N) is 1. The first-order valence-electron chi connectivity index (χ1n) is 10.3. The third kappa shape index (κ3) is 4.89. The molecule has 1 amide bonds. The Bertz CT molecular complexity index is 1540. The number of sulfonamides is 1. The zero-order chi connectivity index (χ0) is 25.5. The summed E-state index contributed by atoms with van der Waals surface area (Å²) in [7, 11) is -7.55. The van der Waals surface area contributed by atoms with Crippen LogP contribution < -0.4 is 9.62 Å². The van der Waals surface area contributed by atoms with Crippen LogP contribution in [0.1, 0.15) is 22.3 Å². The third-order valence-electron chi connectivity index (χ3n) is 5.53. The Morgan fingerprint density at radius 1 is 0.943 bits per heavy atom. The second-order valence-corrected chi connectivity index (χ2v) is 12.2. The van der Waals surface area contributed by atoms with Gasteiger partial charge in [-0.05, 0) is 66.9 Å². The van der Waals surface area contributed by atoms with Crippen LogP contribution in [0.5, 0.6) is 0 Å². The second kappa shape index (κ2) is 9.21. The largest absolute Gasteiger partial charge is 0.322 e. The molecule has 0 fully saturated rings. The van der Waals surface area contributed by atoms with E-state index >= 15 is 0 Å². The van der Waals surface area contributed by atoms with Gasteiger partial charge in [0.1, 0.15) is 11.6 Å². The van der Waals surface area contributed by atoms with Gasteiger partial charge in [0.05, 0.1) is 26.1 Å². The summed E-state index contributed by atoms with van der Waals surface area (Å²) in [5.41, 5.74) is 0.510. The van der Waals surface area contributed by atoms with Gasteiger partial charge in [0.15, 0.2) is 9.84 Å². The van der Waals surface area contributed by atoms with E-state index in [1.807, 2.05) is 0 Å². The molecule has 3 aromatic rings. The van der Waals surface area contributed by atoms with Crippen molar-refractivity contribution in [3.8, 4) is 0 Å². The van der Waals surface area contributed by atoms with E-state index in [0.29, 0.717) is 24.1 Å². The molecule has 12 heteroatoms. The number of fused-ring (bicyclic) bond motifs is 1. The van der Waals surface area contributed by atoms with Crippen LogP contribution >= 0.6 is 11.6 Å². The van der Waals surface area contributed by atoms with Gasteiger partial charge in [0, 0.05) is 18.5 Å². The van der Waals surface area contributed by atoms with Crippen molar-refractivity contribution in [3.63, 3.8) is 0 Å². The van der Waals surface area contributed by atoms with Crippen LogP contribution in [0.15, 0.2) is 64.4 Å². The molecule has 0 saturated heterocycles. The van der Waals surface area contributed by atoms with Crippen LogP contribution in [0.25, 0.3) is 0 Å². The summed E-state index contributed by atoms with van der Waals surface area (Å²) in [5, 5.41) is 1.77. The molecule has 0 spiro atoms. The summed E-state index contributed by atoms with van der Waals surface area (Å²) in [6.07, 6.45) is 2.16. The lowest BCUT2D eigenvalue weighted by atomic mass is 10.0. The molecular formula is C23H19ClF2N2O5S2. The molecule has 1 aliphatic rings. The van der Waals surface area contributed by atoms with Crippen molar-refractivity contribution >= 4 is 48.7 Å². The number of aryl methyl sites for hydroxylation is 1. The van der Waals surface area contributed by atoms with E-state index < -0.39 is 48.0 Å². The molecule has 35 heavy (non-hydrogen) atoms. The summed E-state index contributed by atoms with van der Waals surface area (Å²) in [6, 6.07) is 11.1. The van der Waals surface area contributed by atoms with Gasteiger partial charge in [0.2, 0.25) is 0 Å². The number of carbonyl (C=O) groups is 1. The molecule has 0 aromatic heterocycles. The van der Waals surface area contributed by atoms with Crippen molar-refractivity contribution < 1.29 is 30.4 Å². The number of hydrogen-bond acceptors (Lipinski definition) is 5. The van der Waals surface area contributed by atoms with Crippen molar-refractivity contribution in [1.29, 1.82) is 0 Å². The van der Waals surface area contributed by atoms with Crippen LogP contribution in [-0.4, -0.2) is 35.5 Å². The average molecular weight is 541 g/mol. The smallest absolute Gasteiger partial charge is 0.264 e. The van der Waals surface area contributed by atoms with Crippen molar-refractivity contribution in [1.82, 2.24) is 0 Å². The van der Waals surface area contributed by atoms with E-state index in [1.54, 1.807) is 6.07 Å². The van der Waals surface area contributed by atoms with Crippen LogP contribution in [0.3, 0.4) is 0 Å².